The summed E-state index contributed by atoms with van der Waals surface area (Å²) in [7, 11) is 1.58. The first-order valence-electron chi connectivity index (χ1n) is 11.7. The zero-order valence-electron chi connectivity index (χ0n) is 20.7. The normalized spacial score (nSPS) is 15.3. The van der Waals surface area contributed by atoms with Gasteiger partial charge in [-0.25, -0.2) is 9.79 Å². The van der Waals surface area contributed by atoms with Crippen LogP contribution in [0.3, 0.4) is 0 Å². The SMILES string of the molecule is CCOC(=O)C1=C(C)N=c2s/c(=C\c3ccc(-c4ccc(Cl)cc4Cl)o3)c(=O)n2[C@@H]1c1ccc(OC)cc1. The zero-order chi connectivity index (χ0) is 27.0. The number of hydrogen-bond donors (Lipinski definition) is 0. The van der Waals surface area contributed by atoms with Crippen LogP contribution in [0.4, 0.5) is 0 Å². The summed E-state index contributed by atoms with van der Waals surface area (Å²) in [6, 6.07) is 15.2. The molecule has 3 heterocycles. The highest BCUT2D eigenvalue weighted by molar-refractivity contribution is 7.07. The third-order valence-corrected chi connectivity index (χ3v) is 7.58. The number of allylic oxidation sites excluding steroid dienone is 1. The molecule has 0 saturated heterocycles. The van der Waals surface area contributed by atoms with Crippen molar-refractivity contribution in [1.82, 2.24) is 4.57 Å². The number of hydrogen-bond acceptors (Lipinski definition) is 7. The largest absolute Gasteiger partial charge is 0.497 e. The van der Waals surface area contributed by atoms with Crippen molar-refractivity contribution < 1.29 is 18.7 Å². The minimum absolute atomic E-state index is 0.202. The van der Waals surface area contributed by atoms with Gasteiger partial charge in [0.1, 0.15) is 17.3 Å². The Kier molecular flexibility index (Phi) is 7.29. The quantitative estimate of drug-likeness (QED) is 0.292. The predicted molar refractivity (Wildman–Crippen MR) is 148 cm³/mol. The van der Waals surface area contributed by atoms with E-state index < -0.39 is 12.0 Å². The van der Waals surface area contributed by atoms with Crippen LogP contribution < -0.4 is 19.6 Å². The smallest absolute Gasteiger partial charge is 0.338 e. The lowest BCUT2D eigenvalue weighted by molar-refractivity contribution is -0.139. The first-order valence-corrected chi connectivity index (χ1v) is 13.3. The Balaban J connectivity index is 1.63. The second kappa shape index (κ2) is 10.6. The number of nitrogens with zero attached hydrogens (tertiary/aromatic N) is 2. The Labute approximate surface area is 231 Å². The molecular weight excluding hydrogens is 547 g/mol. The number of methoxy groups -OCH3 is 1. The van der Waals surface area contributed by atoms with Gasteiger partial charge < -0.3 is 13.9 Å². The molecule has 0 bridgehead atoms. The average molecular weight is 569 g/mol. The summed E-state index contributed by atoms with van der Waals surface area (Å²) >= 11 is 13.6. The highest BCUT2D eigenvalue weighted by Gasteiger charge is 2.33. The summed E-state index contributed by atoms with van der Waals surface area (Å²) < 4.78 is 18.5. The van der Waals surface area contributed by atoms with Crippen molar-refractivity contribution in [2.45, 2.75) is 19.9 Å². The maximum atomic E-state index is 13.7. The molecule has 7 nitrogen and oxygen atoms in total. The molecule has 0 amide bonds. The monoisotopic (exact) mass is 568 g/mol. The fraction of sp³-hybridized carbons (Fsp3) is 0.179. The molecule has 0 radical (unpaired) electrons. The molecule has 1 atom stereocenters. The molecular formula is C28H22Cl2N2O5S. The van der Waals surface area contributed by atoms with Crippen LogP contribution in [-0.2, 0) is 9.53 Å². The van der Waals surface area contributed by atoms with Crippen molar-refractivity contribution in [2.24, 2.45) is 4.99 Å². The van der Waals surface area contributed by atoms with Gasteiger partial charge in [0.2, 0.25) is 0 Å². The van der Waals surface area contributed by atoms with Crippen LogP contribution in [-0.4, -0.2) is 24.3 Å². The molecule has 2 aromatic heterocycles. The zero-order valence-corrected chi connectivity index (χ0v) is 23.0. The van der Waals surface area contributed by atoms with E-state index in [0.717, 1.165) is 5.56 Å². The molecule has 0 N–H and O–H groups in total. The van der Waals surface area contributed by atoms with E-state index in [1.54, 1.807) is 69.5 Å². The van der Waals surface area contributed by atoms with Crippen LogP contribution in [0.2, 0.25) is 10.0 Å². The van der Waals surface area contributed by atoms with Crippen LogP contribution in [0.1, 0.15) is 31.2 Å². The fourth-order valence-electron chi connectivity index (χ4n) is 4.29. The number of fused-ring (bicyclic) bond motifs is 1. The van der Waals surface area contributed by atoms with Gasteiger partial charge in [-0.2, -0.15) is 0 Å². The molecule has 0 unspecified atom stereocenters. The maximum Gasteiger partial charge on any atom is 0.338 e. The Bertz CT molecular complexity index is 1750. The summed E-state index contributed by atoms with van der Waals surface area (Å²) in [6.45, 7) is 3.68. The minimum atomic E-state index is -0.710. The predicted octanol–water partition coefficient (Wildman–Crippen LogP) is 5.37. The van der Waals surface area contributed by atoms with Crippen molar-refractivity contribution in [2.75, 3.05) is 13.7 Å². The van der Waals surface area contributed by atoms with Gasteiger partial charge >= 0.3 is 5.97 Å². The molecule has 194 valence electrons. The van der Waals surface area contributed by atoms with Crippen molar-refractivity contribution in [3.05, 3.63) is 107 Å². The third-order valence-electron chi connectivity index (χ3n) is 6.05. The lowest BCUT2D eigenvalue weighted by Gasteiger charge is -2.24. The molecule has 38 heavy (non-hydrogen) atoms. The van der Waals surface area contributed by atoms with Gasteiger partial charge in [0.15, 0.2) is 4.80 Å². The van der Waals surface area contributed by atoms with Gasteiger partial charge in [-0.1, -0.05) is 46.7 Å². The first kappa shape index (κ1) is 26.0. The molecule has 4 aromatic rings. The van der Waals surface area contributed by atoms with E-state index in [-0.39, 0.29) is 12.2 Å². The molecule has 5 rings (SSSR count). The van der Waals surface area contributed by atoms with E-state index in [1.807, 2.05) is 12.1 Å². The number of furan rings is 1. The number of esters is 1. The molecule has 0 spiro atoms. The van der Waals surface area contributed by atoms with Gasteiger partial charge in [0, 0.05) is 16.7 Å². The number of benzene rings is 2. The van der Waals surface area contributed by atoms with E-state index in [0.29, 0.717) is 53.5 Å². The average Bonchev–Trinajstić information content (AvgIpc) is 3.47. The van der Waals surface area contributed by atoms with E-state index in [9.17, 15) is 9.59 Å². The highest BCUT2D eigenvalue weighted by atomic mass is 35.5. The summed E-state index contributed by atoms with van der Waals surface area (Å²) in [4.78, 5) is 31.8. The van der Waals surface area contributed by atoms with Crippen molar-refractivity contribution >= 4 is 46.6 Å². The summed E-state index contributed by atoms with van der Waals surface area (Å²) in [5, 5.41) is 0.981. The number of rotatable bonds is 6. The minimum Gasteiger partial charge on any atom is -0.497 e. The molecule has 0 saturated carbocycles. The summed E-state index contributed by atoms with van der Waals surface area (Å²) in [6.07, 6.45) is 1.66. The Morgan fingerprint density at radius 1 is 1.16 bits per heavy atom. The van der Waals surface area contributed by atoms with Gasteiger partial charge in [-0.05, 0) is 61.9 Å². The number of carbonyl (C=O) groups excluding carboxylic acids is 1. The second-order valence-corrected chi connectivity index (χ2v) is 10.3. The third kappa shape index (κ3) is 4.82. The number of ether oxygens (including phenoxy) is 2. The Hall–Kier alpha value is -3.59. The molecule has 1 aliphatic rings. The lowest BCUT2D eigenvalue weighted by atomic mass is 9.96. The fourth-order valence-corrected chi connectivity index (χ4v) is 5.82. The summed E-state index contributed by atoms with van der Waals surface area (Å²) in [5.74, 6) is 1.16. The van der Waals surface area contributed by atoms with Crippen LogP contribution in [0.5, 0.6) is 5.75 Å². The Morgan fingerprint density at radius 2 is 1.92 bits per heavy atom. The van der Waals surface area contributed by atoms with E-state index >= 15 is 0 Å². The van der Waals surface area contributed by atoms with Crippen molar-refractivity contribution in [3.8, 4) is 17.1 Å². The van der Waals surface area contributed by atoms with E-state index in [1.165, 1.54) is 15.9 Å². The molecule has 0 fully saturated rings. The van der Waals surface area contributed by atoms with Gasteiger partial charge in [-0.15, -0.1) is 0 Å². The number of carbonyl (C=O) groups is 1. The second-order valence-electron chi connectivity index (χ2n) is 8.40. The first-order chi connectivity index (χ1) is 18.3. The van der Waals surface area contributed by atoms with Gasteiger partial charge in [0.25, 0.3) is 5.56 Å². The standard InChI is InChI=1S/C28H22Cl2N2O5S/c1-4-36-27(34)24-15(2)31-28-32(25(24)16-5-8-18(35-3)9-6-16)26(33)23(38-28)14-19-10-12-22(37-19)20-11-7-17(29)13-21(20)30/h5-14,25H,4H2,1-3H3/b23-14-/t25-/m1/s1. The molecule has 1 aliphatic heterocycles. The number of halogens is 2. The van der Waals surface area contributed by atoms with Crippen molar-refractivity contribution in [3.63, 3.8) is 0 Å². The highest BCUT2D eigenvalue weighted by Crippen LogP contribution is 2.33. The van der Waals surface area contributed by atoms with Crippen LogP contribution in [0, 0.1) is 0 Å². The maximum absolute atomic E-state index is 13.7. The van der Waals surface area contributed by atoms with Crippen LogP contribution >= 0.6 is 34.5 Å². The van der Waals surface area contributed by atoms with Crippen molar-refractivity contribution in [1.29, 1.82) is 0 Å². The van der Waals surface area contributed by atoms with E-state index in [2.05, 4.69) is 4.99 Å². The van der Waals surface area contributed by atoms with Gasteiger partial charge in [-0.3, -0.25) is 9.36 Å². The molecule has 10 heteroatoms. The molecule has 2 aromatic carbocycles. The van der Waals surface area contributed by atoms with Crippen LogP contribution in [0.25, 0.3) is 17.4 Å². The number of aromatic nitrogens is 1. The summed E-state index contributed by atoms with van der Waals surface area (Å²) in [5.41, 5.74) is 1.93. The van der Waals surface area contributed by atoms with E-state index in [4.69, 9.17) is 37.1 Å². The molecule has 0 aliphatic carbocycles. The van der Waals surface area contributed by atoms with Gasteiger partial charge in [0.05, 0.1) is 40.6 Å². The number of thiazole rings is 1. The topological polar surface area (TPSA) is 83.0 Å². The Morgan fingerprint density at radius 3 is 2.61 bits per heavy atom. The lowest BCUT2D eigenvalue weighted by Crippen LogP contribution is -2.39. The van der Waals surface area contributed by atoms with Crippen LogP contribution in [0.15, 0.2) is 80.1 Å².